The fourth-order valence-electron chi connectivity index (χ4n) is 1.52. The lowest BCUT2D eigenvalue weighted by Crippen LogP contribution is -2.15. The van der Waals surface area contributed by atoms with Crippen molar-refractivity contribution in [2.45, 2.75) is 46.4 Å². The van der Waals surface area contributed by atoms with Gasteiger partial charge in [0.2, 0.25) is 0 Å². The molecule has 26 heavy (non-hydrogen) atoms. The van der Waals surface area contributed by atoms with Crippen molar-refractivity contribution < 1.29 is 25.2 Å². The summed E-state index contributed by atoms with van der Waals surface area (Å²) in [6.45, 7) is 10.1. The summed E-state index contributed by atoms with van der Waals surface area (Å²) in [6, 6.07) is 6.15. The van der Waals surface area contributed by atoms with E-state index in [9.17, 15) is 16.8 Å². The van der Waals surface area contributed by atoms with Gasteiger partial charge in [-0.3, -0.25) is 8.37 Å². The molecule has 1 aromatic carbocycles. The van der Waals surface area contributed by atoms with E-state index in [0.29, 0.717) is 0 Å². The molecule has 0 bridgehead atoms. The highest BCUT2D eigenvalue weighted by molar-refractivity contribution is 7.90. The maximum absolute atomic E-state index is 11.9. The molecule has 0 aliphatic heterocycles. The van der Waals surface area contributed by atoms with Crippen LogP contribution in [0.4, 0.5) is 0 Å². The Hall–Kier alpha value is -1.48. The monoisotopic (exact) mass is 404 g/mol. The number of rotatable bonds is 8. The molecule has 0 aromatic heterocycles. The molecule has 6 nitrogen and oxygen atoms in total. The first kappa shape index (κ1) is 24.5. The molecule has 0 amide bonds. The molecule has 1 rings (SSSR count). The Morgan fingerprint density at radius 3 is 1.88 bits per heavy atom. The second-order valence-corrected chi connectivity index (χ2v) is 8.79. The first-order valence-electron chi connectivity index (χ1n) is 8.22. The molecule has 8 heteroatoms. The van der Waals surface area contributed by atoms with Gasteiger partial charge in [-0.1, -0.05) is 43.2 Å². The molecule has 0 heterocycles. The number of benzene rings is 1. The van der Waals surface area contributed by atoms with Crippen LogP contribution >= 0.6 is 0 Å². The lowest BCUT2D eigenvalue weighted by atomic mass is 10.2. The predicted molar refractivity (Wildman–Crippen MR) is 104 cm³/mol. The van der Waals surface area contributed by atoms with E-state index >= 15 is 0 Å². The van der Waals surface area contributed by atoms with Gasteiger partial charge in [-0.2, -0.15) is 16.8 Å². The van der Waals surface area contributed by atoms with Gasteiger partial charge >= 0.3 is 0 Å². The van der Waals surface area contributed by atoms with E-state index in [2.05, 4.69) is 0 Å². The highest BCUT2D eigenvalue weighted by Gasteiger charge is 2.17. The fraction of sp³-hybridized carbons (Fsp3) is 0.444. The highest BCUT2D eigenvalue weighted by Crippen LogP contribution is 2.14. The largest absolute Gasteiger partial charge is 0.297 e. The van der Waals surface area contributed by atoms with Gasteiger partial charge in [0.15, 0.2) is 0 Å². The van der Waals surface area contributed by atoms with Crippen molar-refractivity contribution in [1.29, 1.82) is 0 Å². The third-order valence-electron chi connectivity index (χ3n) is 2.92. The molecule has 0 saturated carbocycles. The van der Waals surface area contributed by atoms with Gasteiger partial charge in [-0.25, -0.2) is 0 Å². The molecule has 0 saturated heterocycles. The first-order valence-corrected chi connectivity index (χ1v) is 11.0. The van der Waals surface area contributed by atoms with Gasteiger partial charge in [0, 0.05) is 0 Å². The molecular weight excluding hydrogens is 376 g/mol. The number of hydrogen-bond donors (Lipinski definition) is 0. The van der Waals surface area contributed by atoms with Crippen LogP contribution in [-0.2, 0) is 28.6 Å². The quantitative estimate of drug-likeness (QED) is 0.370. The van der Waals surface area contributed by atoms with Gasteiger partial charge in [-0.15, -0.1) is 0 Å². The van der Waals surface area contributed by atoms with E-state index in [1.165, 1.54) is 25.1 Å². The topological polar surface area (TPSA) is 86.7 Å². The molecule has 0 atom stereocenters. The van der Waals surface area contributed by atoms with Crippen molar-refractivity contribution in [3.05, 3.63) is 52.5 Å². The van der Waals surface area contributed by atoms with Crippen LogP contribution in [0.5, 0.6) is 0 Å². The Kier molecular flexibility index (Phi) is 10.6. The molecule has 0 aliphatic carbocycles. The SMILES string of the molecule is CC.CC(C)=C/C=C(\C)S(=O)(=O)OCCOS(=O)(=O)c1ccc(C)cc1. The van der Waals surface area contributed by atoms with E-state index in [1.807, 2.05) is 34.6 Å². The van der Waals surface area contributed by atoms with Crippen LogP contribution in [0.15, 0.2) is 51.8 Å². The van der Waals surface area contributed by atoms with Crippen molar-refractivity contribution in [3.8, 4) is 0 Å². The van der Waals surface area contributed by atoms with Crippen LogP contribution in [0.25, 0.3) is 0 Å². The second-order valence-electron chi connectivity index (χ2n) is 5.39. The van der Waals surface area contributed by atoms with Crippen molar-refractivity contribution in [1.82, 2.24) is 0 Å². The Morgan fingerprint density at radius 2 is 1.38 bits per heavy atom. The zero-order valence-corrected chi connectivity index (χ0v) is 17.8. The summed E-state index contributed by atoms with van der Waals surface area (Å²) >= 11 is 0. The van der Waals surface area contributed by atoms with E-state index in [1.54, 1.807) is 18.2 Å². The zero-order chi connectivity index (χ0) is 20.4. The minimum absolute atomic E-state index is 0.00981. The van der Waals surface area contributed by atoms with Crippen LogP contribution in [0.2, 0.25) is 0 Å². The van der Waals surface area contributed by atoms with E-state index in [-0.39, 0.29) is 9.80 Å². The van der Waals surface area contributed by atoms with Crippen molar-refractivity contribution in [2.75, 3.05) is 13.2 Å². The number of allylic oxidation sites excluding steroid dienone is 4. The molecule has 0 radical (unpaired) electrons. The van der Waals surface area contributed by atoms with Gasteiger partial charge < -0.3 is 0 Å². The minimum atomic E-state index is -3.94. The van der Waals surface area contributed by atoms with E-state index in [0.717, 1.165) is 11.1 Å². The minimum Gasteiger partial charge on any atom is -0.264 e. The molecule has 0 unspecified atom stereocenters. The molecule has 0 spiro atoms. The van der Waals surface area contributed by atoms with Crippen LogP contribution in [0, 0.1) is 6.92 Å². The first-order chi connectivity index (χ1) is 12.0. The predicted octanol–water partition coefficient (Wildman–Crippen LogP) is 3.94. The van der Waals surface area contributed by atoms with Crippen molar-refractivity contribution in [2.24, 2.45) is 0 Å². The lowest BCUT2D eigenvalue weighted by molar-refractivity contribution is 0.226. The normalized spacial score (nSPS) is 12.2. The van der Waals surface area contributed by atoms with Gasteiger partial charge in [-0.05, 0) is 45.9 Å². The fourth-order valence-corrected chi connectivity index (χ4v) is 3.12. The van der Waals surface area contributed by atoms with Crippen LogP contribution in [0.3, 0.4) is 0 Å². The average molecular weight is 405 g/mol. The molecular formula is C18H28O6S2. The Morgan fingerprint density at radius 1 is 0.885 bits per heavy atom. The maximum atomic E-state index is 11.9. The van der Waals surface area contributed by atoms with Crippen LogP contribution in [0.1, 0.15) is 40.2 Å². The molecule has 0 fully saturated rings. The maximum Gasteiger partial charge on any atom is 0.297 e. The smallest absolute Gasteiger partial charge is 0.264 e. The Balaban J connectivity index is 0.00000301. The standard InChI is InChI=1S/C16H22O6S2.C2H6/c1-13(2)5-8-15(4)23(17,18)21-11-12-22-24(19,20)16-9-6-14(3)7-10-16;1-2/h5-10H,11-12H2,1-4H3;1-2H3/b15-8+;. The second kappa shape index (κ2) is 11.3. The third kappa shape index (κ3) is 8.75. The summed E-state index contributed by atoms with van der Waals surface area (Å²) in [7, 11) is -7.84. The van der Waals surface area contributed by atoms with Crippen molar-refractivity contribution in [3.63, 3.8) is 0 Å². The van der Waals surface area contributed by atoms with Crippen LogP contribution < -0.4 is 0 Å². The Bertz CT molecular complexity index is 813. The summed E-state index contributed by atoms with van der Waals surface area (Å²) in [4.78, 5) is 0.0423. The van der Waals surface area contributed by atoms with E-state index < -0.39 is 33.5 Å². The molecule has 0 aliphatic rings. The molecule has 148 valence electrons. The summed E-state index contributed by atoms with van der Waals surface area (Å²) in [5.74, 6) is 0. The summed E-state index contributed by atoms with van der Waals surface area (Å²) in [6.07, 6.45) is 3.07. The van der Waals surface area contributed by atoms with Gasteiger partial charge in [0.25, 0.3) is 20.2 Å². The highest BCUT2D eigenvalue weighted by atomic mass is 32.2. The van der Waals surface area contributed by atoms with Gasteiger partial charge in [0.05, 0.1) is 23.0 Å². The summed E-state index contributed by atoms with van der Waals surface area (Å²) < 4.78 is 57.1. The zero-order valence-electron chi connectivity index (χ0n) is 16.1. The third-order valence-corrected chi connectivity index (χ3v) is 5.64. The van der Waals surface area contributed by atoms with Crippen molar-refractivity contribution >= 4 is 20.2 Å². The summed E-state index contributed by atoms with van der Waals surface area (Å²) in [5.41, 5.74) is 1.86. The average Bonchev–Trinajstić information content (AvgIpc) is 2.58. The summed E-state index contributed by atoms with van der Waals surface area (Å²) in [5, 5.41) is 0. The van der Waals surface area contributed by atoms with Gasteiger partial charge in [0.1, 0.15) is 0 Å². The Labute approximate surface area is 157 Å². The molecule has 1 aromatic rings. The lowest BCUT2D eigenvalue weighted by Gasteiger charge is -2.07. The van der Waals surface area contributed by atoms with Crippen LogP contribution in [-0.4, -0.2) is 30.0 Å². The molecule has 0 N–H and O–H groups in total. The number of aryl methyl sites for hydroxylation is 1. The van der Waals surface area contributed by atoms with E-state index in [4.69, 9.17) is 8.37 Å². The number of hydrogen-bond acceptors (Lipinski definition) is 6.